The number of hydrogen-bond acceptors (Lipinski definition) is 6. The highest BCUT2D eigenvalue weighted by molar-refractivity contribution is 6.06. The van der Waals surface area contributed by atoms with Crippen LogP contribution in [0.25, 0.3) is 0 Å². The first-order chi connectivity index (χ1) is 16.9. The molecule has 3 aromatic rings. The number of anilines is 1. The van der Waals surface area contributed by atoms with Crippen molar-refractivity contribution in [3.63, 3.8) is 0 Å². The van der Waals surface area contributed by atoms with E-state index in [0.717, 1.165) is 5.56 Å². The Kier molecular flexibility index (Phi) is 6.91. The first-order valence-electron chi connectivity index (χ1n) is 11.3. The normalized spacial score (nSPS) is 16.9. The molecule has 0 N–H and O–H groups in total. The van der Waals surface area contributed by atoms with Gasteiger partial charge in [-0.25, -0.2) is 0 Å². The standard InChI is InChI=1S/C27H29N3O5/c1-6-35-21-12-8-7-11-20(21)29(2)27(32)24-18-14-22(33-4)23(34-5)15-19(18)26(31)30(3)25(24)17-10-9-13-28-16-17/h7-16,24-25H,6H2,1-5H3/t24-,25-/m0/s1. The summed E-state index contributed by atoms with van der Waals surface area (Å²) in [6.45, 7) is 2.37. The van der Waals surface area contributed by atoms with Gasteiger partial charge in [0.25, 0.3) is 5.91 Å². The van der Waals surface area contributed by atoms with E-state index in [9.17, 15) is 9.59 Å². The number of amides is 2. The van der Waals surface area contributed by atoms with Gasteiger partial charge in [-0.1, -0.05) is 18.2 Å². The van der Waals surface area contributed by atoms with Crippen LogP contribution in [-0.2, 0) is 4.79 Å². The molecule has 2 aromatic carbocycles. The highest BCUT2D eigenvalue weighted by Gasteiger charge is 2.45. The van der Waals surface area contributed by atoms with Gasteiger partial charge in [-0.15, -0.1) is 0 Å². The highest BCUT2D eigenvalue weighted by atomic mass is 16.5. The summed E-state index contributed by atoms with van der Waals surface area (Å²) in [5.41, 5.74) is 2.37. The topological polar surface area (TPSA) is 81.2 Å². The van der Waals surface area contributed by atoms with Gasteiger partial charge in [0, 0.05) is 32.1 Å². The van der Waals surface area contributed by atoms with Gasteiger partial charge < -0.3 is 24.0 Å². The van der Waals surface area contributed by atoms with E-state index in [0.29, 0.717) is 40.7 Å². The number of ether oxygens (including phenoxy) is 3. The van der Waals surface area contributed by atoms with Gasteiger partial charge >= 0.3 is 0 Å². The maximum absolute atomic E-state index is 14.2. The number of nitrogens with zero attached hydrogens (tertiary/aromatic N) is 3. The molecule has 2 atom stereocenters. The summed E-state index contributed by atoms with van der Waals surface area (Å²) in [7, 11) is 6.47. The number of benzene rings is 2. The number of hydrogen-bond donors (Lipinski definition) is 0. The first kappa shape index (κ1) is 24.1. The van der Waals surface area contributed by atoms with Gasteiger partial charge in [0.1, 0.15) is 5.75 Å². The highest BCUT2D eigenvalue weighted by Crippen LogP contribution is 2.46. The third-order valence-electron chi connectivity index (χ3n) is 6.32. The number of fused-ring (bicyclic) bond motifs is 1. The average Bonchev–Trinajstić information content (AvgIpc) is 2.90. The van der Waals surface area contributed by atoms with Crippen LogP contribution in [0.1, 0.15) is 40.4 Å². The molecule has 0 unspecified atom stereocenters. The number of carbonyl (C=O) groups is 2. The maximum atomic E-state index is 14.2. The van der Waals surface area contributed by atoms with E-state index in [2.05, 4.69) is 4.98 Å². The zero-order chi connectivity index (χ0) is 25.1. The molecule has 1 aliphatic rings. The first-order valence-corrected chi connectivity index (χ1v) is 11.3. The fraction of sp³-hybridized carbons (Fsp3) is 0.296. The van der Waals surface area contributed by atoms with E-state index in [1.54, 1.807) is 54.5 Å². The Morgan fingerprint density at radius 2 is 1.77 bits per heavy atom. The molecule has 1 aliphatic heterocycles. The van der Waals surface area contributed by atoms with Gasteiger partial charge in [-0.2, -0.15) is 0 Å². The number of rotatable bonds is 7. The Morgan fingerprint density at radius 3 is 2.43 bits per heavy atom. The Balaban J connectivity index is 1.91. The van der Waals surface area contributed by atoms with E-state index in [-0.39, 0.29) is 11.8 Å². The minimum absolute atomic E-state index is 0.196. The van der Waals surface area contributed by atoms with Gasteiger partial charge in [0.2, 0.25) is 5.91 Å². The van der Waals surface area contributed by atoms with Crippen molar-refractivity contribution in [3.05, 3.63) is 77.6 Å². The van der Waals surface area contributed by atoms with E-state index < -0.39 is 12.0 Å². The van der Waals surface area contributed by atoms with Gasteiger partial charge in [-0.3, -0.25) is 14.6 Å². The summed E-state index contributed by atoms with van der Waals surface area (Å²) in [6.07, 6.45) is 3.35. The molecule has 8 heteroatoms. The molecule has 1 aromatic heterocycles. The quantitative estimate of drug-likeness (QED) is 0.512. The van der Waals surface area contributed by atoms with Crippen LogP contribution in [-0.4, -0.2) is 56.6 Å². The molecule has 2 amide bonds. The molecule has 35 heavy (non-hydrogen) atoms. The van der Waals surface area contributed by atoms with Crippen molar-refractivity contribution >= 4 is 17.5 Å². The second-order valence-corrected chi connectivity index (χ2v) is 8.22. The Morgan fingerprint density at radius 1 is 1.06 bits per heavy atom. The lowest BCUT2D eigenvalue weighted by Gasteiger charge is -2.41. The SMILES string of the molecule is CCOc1ccccc1N(C)C(=O)[C@H]1c2cc(OC)c(OC)cc2C(=O)N(C)[C@H]1c1cccnc1. The smallest absolute Gasteiger partial charge is 0.254 e. The second kappa shape index (κ2) is 10.0. The van der Waals surface area contributed by atoms with E-state index >= 15 is 0 Å². The zero-order valence-corrected chi connectivity index (χ0v) is 20.5. The lowest BCUT2D eigenvalue weighted by Crippen LogP contribution is -2.46. The van der Waals surface area contributed by atoms with Crippen molar-refractivity contribution in [3.8, 4) is 17.2 Å². The maximum Gasteiger partial charge on any atom is 0.254 e. The minimum Gasteiger partial charge on any atom is -0.493 e. The summed E-state index contributed by atoms with van der Waals surface area (Å²) >= 11 is 0. The molecule has 8 nitrogen and oxygen atoms in total. The molecular weight excluding hydrogens is 446 g/mol. The summed E-state index contributed by atoms with van der Waals surface area (Å²) in [6, 6.07) is 13.9. The fourth-order valence-electron chi connectivity index (χ4n) is 4.62. The predicted octanol–water partition coefficient (Wildman–Crippen LogP) is 4.07. The molecular formula is C27H29N3O5. The number of para-hydroxylation sites is 2. The van der Waals surface area contributed by atoms with E-state index in [1.807, 2.05) is 37.3 Å². The number of methoxy groups -OCH3 is 2. The fourth-order valence-corrected chi connectivity index (χ4v) is 4.62. The summed E-state index contributed by atoms with van der Waals surface area (Å²) in [5.74, 6) is 0.348. The number of likely N-dealkylation sites (N-methyl/N-ethyl adjacent to an activating group) is 2. The Labute approximate surface area is 205 Å². The molecule has 0 spiro atoms. The monoisotopic (exact) mass is 475 g/mol. The van der Waals surface area contributed by atoms with Crippen LogP contribution in [0.2, 0.25) is 0 Å². The number of carbonyl (C=O) groups excluding carboxylic acids is 2. The van der Waals surface area contributed by atoms with Crippen LogP contribution in [0.5, 0.6) is 17.2 Å². The summed E-state index contributed by atoms with van der Waals surface area (Å²) < 4.78 is 16.7. The molecule has 0 fully saturated rings. The van der Waals surface area contributed by atoms with Crippen molar-refractivity contribution < 1.29 is 23.8 Å². The van der Waals surface area contributed by atoms with Crippen LogP contribution in [0, 0.1) is 0 Å². The summed E-state index contributed by atoms with van der Waals surface area (Å²) in [5, 5.41) is 0. The van der Waals surface area contributed by atoms with Crippen molar-refractivity contribution in [1.29, 1.82) is 0 Å². The van der Waals surface area contributed by atoms with Crippen LogP contribution in [0.4, 0.5) is 5.69 Å². The van der Waals surface area contributed by atoms with Crippen molar-refractivity contribution in [2.24, 2.45) is 0 Å². The van der Waals surface area contributed by atoms with Crippen molar-refractivity contribution in [1.82, 2.24) is 9.88 Å². The Bertz CT molecular complexity index is 1230. The predicted molar refractivity (Wildman–Crippen MR) is 132 cm³/mol. The average molecular weight is 476 g/mol. The lowest BCUT2D eigenvalue weighted by atomic mass is 9.79. The number of pyridine rings is 1. The third-order valence-corrected chi connectivity index (χ3v) is 6.32. The van der Waals surface area contributed by atoms with Gasteiger partial charge in [-0.05, 0) is 48.4 Å². The molecule has 182 valence electrons. The largest absolute Gasteiger partial charge is 0.493 e. The van der Waals surface area contributed by atoms with Crippen LogP contribution >= 0.6 is 0 Å². The molecule has 0 saturated carbocycles. The van der Waals surface area contributed by atoms with E-state index in [1.165, 1.54) is 14.2 Å². The lowest BCUT2D eigenvalue weighted by molar-refractivity contribution is -0.121. The van der Waals surface area contributed by atoms with Crippen LogP contribution < -0.4 is 19.1 Å². The molecule has 4 rings (SSSR count). The summed E-state index contributed by atoms with van der Waals surface area (Å²) in [4.78, 5) is 35.2. The van der Waals surface area contributed by atoms with Crippen LogP contribution in [0.3, 0.4) is 0 Å². The zero-order valence-electron chi connectivity index (χ0n) is 20.5. The Hall–Kier alpha value is -4.07. The van der Waals surface area contributed by atoms with E-state index in [4.69, 9.17) is 14.2 Å². The van der Waals surface area contributed by atoms with Crippen molar-refractivity contribution in [2.75, 3.05) is 39.8 Å². The van der Waals surface area contributed by atoms with Crippen LogP contribution in [0.15, 0.2) is 60.9 Å². The molecule has 0 aliphatic carbocycles. The second-order valence-electron chi connectivity index (χ2n) is 8.22. The molecule has 2 heterocycles. The molecule has 0 radical (unpaired) electrons. The molecule has 0 saturated heterocycles. The third kappa shape index (κ3) is 4.27. The minimum atomic E-state index is -0.726. The van der Waals surface area contributed by atoms with Gasteiger partial charge in [0.05, 0.1) is 38.5 Å². The van der Waals surface area contributed by atoms with Gasteiger partial charge in [0.15, 0.2) is 11.5 Å². The molecule has 0 bridgehead atoms. The van der Waals surface area contributed by atoms with Crippen molar-refractivity contribution in [2.45, 2.75) is 18.9 Å². The number of aromatic nitrogens is 1.